The number of aromatic nitrogens is 8. The molecular weight excluding hydrogens is 755 g/mol. The lowest BCUT2D eigenvalue weighted by molar-refractivity contribution is -0.0384. The molecule has 8 rings (SSSR count). The van der Waals surface area contributed by atoms with Crippen LogP contribution >= 0.6 is 0 Å². The molecule has 5 atom stereocenters. The Morgan fingerprint density at radius 1 is 0.982 bits per heavy atom. The molecule has 2 fully saturated rings. The van der Waals surface area contributed by atoms with E-state index in [1.54, 1.807) is 4.57 Å². The summed E-state index contributed by atoms with van der Waals surface area (Å²) < 4.78 is 31.0. The topological polar surface area (TPSA) is 253 Å². The van der Waals surface area contributed by atoms with E-state index in [0.717, 1.165) is 11.1 Å². The summed E-state index contributed by atoms with van der Waals surface area (Å²) >= 11 is 0. The number of rotatable bonds is 12. The molecule has 3 aromatic heterocycles. The van der Waals surface area contributed by atoms with Crippen LogP contribution in [0, 0.1) is 0 Å². The lowest BCUT2D eigenvalue weighted by Crippen LogP contribution is -2.40. The predicted octanol–water partition coefficient (Wildman–Crippen LogP) is 2.12. The van der Waals surface area contributed by atoms with Crippen molar-refractivity contribution in [3.8, 4) is 0 Å². The molecule has 0 radical (unpaired) electrons. The van der Waals surface area contributed by atoms with Gasteiger partial charge in [0.25, 0.3) is 0 Å². The van der Waals surface area contributed by atoms with Crippen molar-refractivity contribution in [1.29, 1.82) is 0 Å². The number of hydrogen-bond donors (Lipinski definition) is 6. The van der Waals surface area contributed by atoms with Crippen LogP contribution < -0.4 is 26.0 Å². The molecule has 20 heteroatoms. The summed E-state index contributed by atoms with van der Waals surface area (Å²) in [5.41, 5.74) is 3.37. The Hall–Kier alpha value is -6.06. The molecule has 2 aliphatic heterocycles. The Morgan fingerprint density at radius 3 is 2.33 bits per heavy atom. The fraction of sp³-hybridized carbons (Fsp3) is 0.324. The van der Waals surface area contributed by atoms with Crippen LogP contribution in [0.25, 0.3) is 11.2 Å². The number of tetrazole rings is 1. The van der Waals surface area contributed by atoms with Gasteiger partial charge in [0.15, 0.2) is 29.3 Å². The molecule has 6 aromatic rings. The largest absolute Gasteiger partial charge is 0.387 e. The molecule has 2 aliphatic rings. The number of benzene rings is 3. The quantitative estimate of drug-likeness (QED) is 0.104. The number of aryl methyl sites for hydroxylation is 1. The zero-order valence-electron chi connectivity index (χ0n) is 30.7. The van der Waals surface area contributed by atoms with Crippen LogP contribution in [0.2, 0.25) is 0 Å². The van der Waals surface area contributed by atoms with Crippen molar-refractivity contribution in [3.63, 3.8) is 0 Å². The smallest absolute Gasteiger partial charge is 0.319 e. The molecule has 0 aliphatic carbocycles. The maximum absolute atomic E-state index is 13.0. The van der Waals surface area contributed by atoms with Crippen molar-refractivity contribution in [2.75, 3.05) is 35.2 Å². The first-order chi connectivity index (χ1) is 27.6. The molecular formula is C37H41N13O6S. The summed E-state index contributed by atoms with van der Waals surface area (Å²) in [7, 11) is -3.87. The van der Waals surface area contributed by atoms with E-state index in [-0.39, 0.29) is 22.7 Å². The van der Waals surface area contributed by atoms with Crippen molar-refractivity contribution >= 4 is 44.7 Å². The predicted molar refractivity (Wildman–Crippen MR) is 207 cm³/mol. The maximum atomic E-state index is 13.0. The standard InChI is InChI=1S/C37H41N13O6S/c1-2-50-46-33(45-47-50)31-29(51)30(52)35(56-31)49-21-40-28-32(39-19-27(22-9-5-3-6-10-22)23-11-7-4-8-12-23)43-36(44-34(28)49)48-18-17-25(20-48)42-37(53)41-24-13-15-26(16-14-24)57(38,54)55/h3-16,21,25,27,29-31,35,51-52H,2,17-20H2,1H3,(H2,38,54,55)(H,39,43,44)(H2,41,42,53)/t25-,29+,30+,31+,35-/m1/s1. The number of sulfonamides is 1. The summed E-state index contributed by atoms with van der Waals surface area (Å²) in [5.74, 6) is 0.890. The minimum absolute atomic E-state index is 0.0438. The van der Waals surface area contributed by atoms with Gasteiger partial charge in [-0.1, -0.05) is 60.7 Å². The molecule has 2 amide bonds. The van der Waals surface area contributed by atoms with Crippen LogP contribution in [0.15, 0.2) is 96.2 Å². The molecule has 7 N–H and O–H groups in total. The number of aliphatic hydroxyl groups is 2. The third kappa shape index (κ3) is 7.98. The van der Waals surface area contributed by atoms with E-state index in [0.29, 0.717) is 61.2 Å². The van der Waals surface area contributed by atoms with E-state index in [4.69, 9.17) is 19.8 Å². The summed E-state index contributed by atoms with van der Waals surface area (Å²) in [6.45, 7) is 3.65. The monoisotopic (exact) mass is 795 g/mol. The number of nitrogens with one attached hydrogen (secondary N) is 3. The van der Waals surface area contributed by atoms with E-state index in [1.807, 2.05) is 48.2 Å². The second-order valence-electron chi connectivity index (χ2n) is 13.8. The number of primary sulfonamides is 1. The molecule has 57 heavy (non-hydrogen) atoms. The number of amides is 2. The van der Waals surface area contributed by atoms with Crippen LogP contribution in [0.3, 0.4) is 0 Å². The third-order valence-electron chi connectivity index (χ3n) is 10.1. The van der Waals surface area contributed by atoms with Gasteiger partial charge in [0, 0.05) is 37.3 Å². The lowest BCUT2D eigenvalue weighted by Gasteiger charge is -2.22. The molecule has 19 nitrogen and oxygen atoms in total. The van der Waals surface area contributed by atoms with Gasteiger partial charge in [-0.2, -0.15) is 14.8 Å². The van der Waals surface area contributed by atoms with Crippen LogP contribution in [-0.4, -0.2) is 102 Å². The highest BCUT2D eigenvalue weighted by atomic mass is 32.2. The Labute approximate surface area is 327 Å². The van der Waals surface area contributed by atoms with Gasteiger partial charge in [0.05, 0.1) is 17.8 Å². The van der Waals surface area contributed by atoms with E-state index in [9.17, 15) is 23.4 Å². The van der Waals surface area contributed by atoms with Crippen LogP contribution in [0.5, 0.6) is 0 Å². The van der Waals surface area contributed by atoms with Crippen molar-refractivity contribution in [2.45, 2.75) is 61.3 Å². The highest BCUT2D eigenvalue weighted by Crippen LogP contribution is 2.39. The van der Waals surface area contributed by atoms with Crippen LogP contribution in [0.4, 0.5) is 22.2 Å². The van der Waals surface area contributed by atoms with Crippen molar-refractivity contribution in [3.05, 3.63) is 108 Å². The number of nitrogens with two attached hydrogens (primary N) is 1. The normalized spacial score (nSPS) is 21.0. The second kappa shape index (κ2) is 15.8. The number of hydrogen-bond acceptors (Lipinski definition) is 14. The van der Waals surface area contributed by atoms with Gasteiger partial charge in [-0.3, -0.25) is 4.57 Å². The second-order valence-corrected chi connectivity index (χ2v) is 15.4. The first-order valence-electron chi connectivity index (χ1n) is 18.4. The minimum atomic E-state index is -3.87. The first kappa shape index (κ1) is 37.8. The van der Waals surface area contributed by atoms with Crippen molar-refractivity contribution in [2.24, 2.45) is 5.14 Å². The van der Waals surface area contributed by atoms with Gasteiger partial charge in [0.2, 0.25) is 21.8 Å². The van der Waals surface area contributed by atoms with E-state index < -0.39 is 40.6 Å². The van der Waals surface area contributed by atoms with Gasteiger partial charge < -0.3 is 35.8 Å². The van der Waals surface area contributed by atoms with E-state index >= 15 is 0 Å². The molecule has 0 unspecified atom stereocenters. The van der Waals surface area contributed by atoms with E-state index in [1.165, 1.54) is 35.4 Å². The number of urea groups is 1. The Bertz CT molecular complexity index is 2410. The summed E-state index contributed by atoms with van der Waals surface area (Å²) in [5, 5.41) is 49.0. The Balaban J connectivity index is 1.07. The number of aliphatic hydroxyl groups excluding tert-OH is 2. The SMILES string of the molecule is CCn1nnc([C@H]2O[C@@H](n3cnc4c(NCC(c5ccccc5)c5ccccc5)nc(N5CC[C@@H](NC(=O)Nc6ccc(S(N)(=O)=O)cc6)C5)nc43)[C@@H](O)[C@@H]2O)n1. The number of carbonyl (C=O) groups is 1. The van der Waals surface area contributed by atoms with Gasteiger partial charge in [-0.15, -0.1) is 10.2 Å². The molecule has 2 saturated heterocycles. The molecule has 3 aromatic carbocycles. The van der Waals surface area contributed by atoms with E-state index in [2.05, 4.69) is 60.6 Å². The summed E-state index contributed by atoms with van der Waals surface area (Å²) in [6, 6.07) is 25.1. The van der Waals surface area contributed by atoms with Gasteiger partial charge in [-0.05, 0) is 54.0 Å². The fourth-order valence-corrected chi connectivity index (χ4v) is 7.62. The number of fused-ring (bicyclic) bond motifs is 1. The lowest BCUT2D eigenvalue weighted by atomic mass is 9.91. The molecule has 296 valence electrons. The Kier molecular flexibility index (Phi) is 10.5. The summed E-state index contributed by atoms with van der Waals surface area (Å²) in [4.78, 5) is 30.7. The van der Waals surface area contributed by atoms with Crippen molar-refractivity contribution < 1.29 is 28.2 Å². The first-order valence-corrected chi connectivity index (χ1v) is 19.9. The van der Waals surface area contributed by atoms with Crippen LogP contribution in [0.1, 0.15) is 48.5 Å². The molecule has 0 saturated carbocycles. The molecule has 5 heterocycles. The Morgan fingerprint density at radius 2 is 1.68 bits per heavy atom. The number of ether oxygens (including phenoxy) is 1. The van der Waals surface area contributed by atoms with Crippen molar-refractivity contribution in [1.82, 2.24) is 45.0 Å². The highest BCUT2D eigenvalue weighted by Gasteiger charge is 2.47. The maximum Gasteiger partial charge on any atom is 0.319 e. The zero-order valence-corrected chi connectivity index (χ0v) is 31.5. The number of imidazole rings is 1. The minimum Gasteiger partial charge on any atom is -0.387 e. The molecule has 0 bridgehead atoms. The highest BCUT2D eigenvalue weighted by molar-refractivity contribution is 7.89. The van der Waals surface area contributed by atoms with Gasteiger partial charge >= 0.3 is 6.03 Å². The number of anilines is 3. The van der Waals surface area contributed by atoms with Crippen LogP contribution in [-0.2, 0) is 21.3 Å². The average Bonchev–Trinajstić information content (AvgIpc) is 4.03. The number of carbonyl (C=O) groups excluding carboxylic acids is 1. The van der Waals surface area contributed by atoms with Gasteiger partial charge in [0.1, 0.15) is 12.2 Å². The summed E-state index contributed by atoms with van der Waals surface area (Å²) in [6.07, 6.45) is -2.82. The average molecular weight is 796 g/mol. The molecule has 0 spiro atoms. The number of nitrogens with zero attached hydrogens (tertiary/aromatic N) is 9. The van der Waals surface area contributed by atoms with Gasteiger partial charge in [-0.25, -0.2) is 23.3 Å². The zero-order chi connectivity index (χ0) is 39.7. The third-order valence-corrected chi connectivity index (χ3v) is 11.0. The fourth-order valence-electron chi connectivity index (χ4n) is 7.10.